The number of amides is 2. The van der Waals surface area contributed by atoms with Crippen LogP contribution in [0, 0.1) is 0 Å². The molecule has 1 saturated carbocycles. The molecule has 3 aromatic heterocycles. The number of carbonyl (C=O) groups excluding carboxylic acids is 1. The molecule has 2 aliphatic rings. The molecule has 37 heavy (non-hydrogen) atoms. The van der Waals surface area contributed by atoms with Crippen molar-refractivity contribution in [2.75, 3.05) is 36.8 Å². The molecule has 1 saturated heterocycles. The van der Waals surface area contributed by atoms with Crippen LogP contribution in [0.15, 0.2) is 40.4 Å². The predicted molar refractivity (Wildman–Crippen MR) is 148 cm³/mol. The molecule has 3 N–H and O–H groups in total. The number of urea groups is 1. The van der Waals surface area contributed by atoms with E-state index in [4.69, 9.17) is 5.10 Å². The molecule has 6 rings (SSSR count). The van der Waals surface area contributed by atoms with Crippen molar-refractivity contribution < 1.29 is 4.79 Å². The zero-order valence-corrected chi connectivity index (χ0v) is 22.3. The highest BCUT2D eigenvalue weighted by Crippen LogP contribution is 2.33. The Morgan fingerprint density at radius 1 is 1.05 bits per heavy atom. The average molecular weight is 538 g/mol. The van der Waals surface area contributed by atoms with Crippen molar-refractivity contribution in [3.63, 3.8) is 0 Å². The molecule has 194 valence electrons. The lowest BCUT2D eigenvalue weighted by Crippen LogP contribution is -2.35. The molecule has 0 bridgehead atoms. The quantitative estimate of drug-likeness (QED) is 0.293. The Morgan fingerprint density at radius 2 is 1.92 bits per heavy atom. The maximum Gasteiger partial charge on any atom is 0.321 e. The third kappa shape index (κ3) is 5.97. The molecule has 10 nitrogen and oxygen atoms in total. The van der Waals surface area contributed by atoms with Crippen LogP contribution in [0.2, 0.25) is 0 Å². The lowest BCUT2D eigenvalue weighted by atomic mass is 9.95. The number of nitrogens with zero attached hydrogens (tertiary/aromatic N) is 6. The third-order valence-electron chi connectivity index (χ3n) is 6.89. The molecule has 2 amide bonds. The number of fused-ring (bicyclic) bond motifs is 2. The normalized spacial score (nSPS) is 17.0. The van der Waals surface area contributed by atoms with Crippen molar-refractivity contribution in [1.82, 2.24) is 35.0 Å². The van der Waals surface area contributed by atoms with E-state index in [1.165, 1.54) is 68.0 Å². The van der Waals surface area contributed by atoms with Crippen LogP contribution < -0.4 is 16.0 Å². The number of benzene rings is 1. The summed E-state index contributed by atoms with van der Waals surface area (Å²) in [7, 11) is 0. The van der Waals surface area contributed by atoms with Crippen LogP contribution in [-0.2, 0) is 0 Å². The van der Waals surface area contributed by atoms with Gasteiger partial charge in [-0.1, -0.05) is 30.6 Å². The first kappa shape index (κ1) is 24.4. The van der Waals surface area contributed by atoms with Gasteiger partial charge < -0.3 is 15.5 Å². The van der Waals surface area contributed by atoms with Crippen molar-refractivity contribution in [2.45, 2.75) is 61.0 Å². The van der Waals surface area contributed by atoms with Gasteiger partial charge in [-0.2, -0.15) is 4.52 Å². The fourth-order valence-electron chi connectivity index (χ4n) is 4.97. The summed E-state index contributed by atoms with van der Waals surface area (Å²) >= 11 is 2.97. The van der Waals surface area contributed by atoms with Crippen LogP contribution in [-0.4, -0.2) is 67.9 Å². The van der Waals surface area contributed by atoms with Gasteiger partial charge in [0.15, 0.2) is 10.8 Å². The van der Waals surface area contributed by atoms with Gasteiger partial charge in [-0.25, -0.2) is 9.78 Å². The van der Waals surface area contributed by atoms with E-state index in [0.29, 0.717) is 22.9 Å². The number of rotatable bonds is 8. The van der Waals surface area contributed by atoms with Gasteiger partial charge in [0, 0.05) is 24.0 Å². The average Bonchev–Trinajstić information content (AvgIpc) is 3.65. The number of hydrogen-bond donors (Lipinski definition) is 3. The first-order valence-electron chi connectivity index (χ1n) is 13.0. The molecule has 12 heteroatoms. The summed E-state index contributed by atoms with van der Waals surface area (Å²) in [6, 6.07) is 10.2. The Kier molecular flexibility index (Phi) is 7.38. The number of aromatic nitrogens is 5. The summed E-state index contributed by atoms with van der Waals surface area (Å²) in [5.41, 5.74) is 1.57. The predicted octanol–water partition coefficient (Wildman–Crippen LogP) is 4.85. The molecule has 0 unspecified atom stereocenters. The van der Waals surface area contributed by atoms with E-state index in [0.717, 1.165) is 46.2 Å². The molecule has 0 spiro atoms. The maximum absolute atomic E-state index is 12.3. The molecule has 0 atom stereocenters. The SMILES string of the molecule is O=C(NCCN1CCCC1)Nc1nc2ccc(Sc3nnc4ccc(NC5CCCCC5)nn34)cc2s1. The summed E-state index contributed by atoms with van der Waals surface area (Å²) in [6.45, 7) is 3.77. The molecule has 2 fully saturated rings. The van der Waals surface area contributed by atoms with Gasteiger partial charge in [-0.05, 0) is 80.9 Å². The third-order valence-corrected chi connectivity index (χ3v) is 8.75. The van der Waals surface area contributed by atoms with Crippen LogP contribution in [0.25, 0.3) is 15.9 Å². The fraction of sp³-hybridized carbons (Fsp3) is 0.480. The van der Waals surface area contributed by atoms with Crippen molar-refractivity contribution in [1.29, 1.82) is 0 Å². The summed E-state index contributed by atoms with van der Waals surface area (Å²) < 4.78 is 2.80. The van der Waals surface area contributed by atoms with Crippen molar-refractivity contribution >= 4 is 55.9 Å². The Hall–Kier alpha value is -2.96. The smallest absolute Gasteiger partial charge is 0.321 e. The number of carbonyl (C=O) groups is 1. The lowest BCUT2D eigenvalue weighted by molar-refractivity contribution is 0.249. The second-order valence-electron chi connectivity index (χ2n) is 9.63. The van der Waals surface area contributed by atoms with E-state index in [1.807, 2.05) is 24.3 Å². The van der Waals surface area contributed by atoms with Gasteiger partial charge in [0.2, 0.25) is 5.16 Å². The Balaban J connectivity index is 1.10. The highest BCUT2D eigenvalue weighted by atomic mass is 32.2. The number of anilines is 2. The van der Waals surface area contributed by atoms with Gasteiger partial charge in [0.25, 0.3) is 0 Å². The van der Waals surface area contributed by atoms with Gasteiger partial charge in [-0.15, -0.1) is 15.3 Å². The van der Waals surface area contributed by atoms with Crippen LogP contribution in [0.3, 0.4) is 0 Å². The number of likely N-dealkylation sites (tertiary alicyclic amines) is 1. The van der Waals surface area contributed by atoms with Crippen molar-refractivity contribution in [2.24, 2.45) is 0 Å². The Morgan fingerprint density at radius 3 is 2.78 bits per heavy atom. The van der Waals surface area contributed by atoms with Gasteiger partial charge in [0.1, 0.15) is 5.82 Å². The zero-order chi connectivity index (χ0) is 25.0. The second kappa shape index (κ2) is 11.2. The highest BCUT2D eigenvalue weighted by Gasteiger charge is 2.16. The van der Waals surface area contributed by atoms with Crippen molar-refractivity contribution in [3.8, 4) is 0 Å². The first-order chi connectivity index (χ1) is 18.2. The molecule has 0 radical (unpaired) electrons. The number of thiazole rings is 1. The van der Waals surface area contributed by atoms with Crippen molar-refractivity contribution in [3.05, 3.63) is 30.3 Å². The van der Waals surface area contributed by atoms with Gasteiger partial charge in [-0.3, -0.25) is 5.32 Å². The maximum atomic E-state index is 12.3. The molecule has 4 heterocycles. The van der Waals surface area contributed by atoms with Gasteiger partial charge >= 0.3 is 6.03 Å². The van der Waals surface area contributed by atoms with Crippen LogP contribution >= 0.6 is 23.1 Å². The van der Waals surface area contributed by atoms with E-state index in [-0.39, 0.29) is 6.03 Å². The minimum Gasteiger partial charge on any atom is -0.366 e. The van der Waals surface area contributed by atoms with E-state index < -0.39 is 0 Å². The lowest BCUT2D eigenvalue weighted by Gasteiger charge is -2.23. The summed E-state index contributed by atoms with van der Waals surface area (Å²) in [6.07, 6.45) is 8.75. The molecular formula is C25H31N9OS2. The van der Waals surface area contributed by atoms with Gasteiger partial charge in [0.05, 0.1) is 10.2 Å². The Labute approximate surface area is 223 Å². The van der Waals surface area contributed by atoms with Crippen LogP contribution in [0.4, 0.5) is 15.7 Å². The monoisotopic (exact) mass is 537 g/mol. The summed E-state index contributed by atoms with van der Waals surface area (Å²) in [5, 5.41) is 24.1. The molecule has 1 aromatic carbocycles. The van der Waals surface area contributed by atoms with E-state index in [1.54, 1.807) is 4.52 Å². The van der Waals surface area contributed by atoms with E-state index in [9.17, 15) is 4.79 Å². The van der Waals surface area contributed by atoms with E-state index >= 15 is 0 Å². The summed E-state index contributed by atoms with van der Waals surface area (Å²) in [4.78, 5) is 20.3. The second-order valence-corrected chi connectivity index (χ2v) is 11.7. The minimum atomic E-state index is -0.216. The highest BCUT2D eigenvalue weighted by molar-refractivity contribution is 7.99. The van der Waals surface area contributed by atoms with E-state index in [2.05, 4.69) is 42.1 Å². The standard InChI is InChI=1S/C25H31N9OS2/c35-23(26-12-15-33-13-4-5-14-33)29-24-28-19-9-8-18(16-20(19)37-24)36-25-31-30-22-11-10-21(32-34(22)25)27-17-6-2-1-3-7-17/h8-11,16-17H,1-7,12-15H2,(H,27,32)(H2,26,28,29,35). The molecule has 4 aromatic rings. The number of hydrogen-bond acceptors (Lipinski definition) is 9. The van der Waals surface area contributed by atoms with Crippen LogP contribution in [0.5, 0.6) is 0 Å². The largest absolute Gasteiger partial charge is 0.366 e. The molecule has 1 aliphatic carbocycles. The topological polar surface area (TPSA) is 112 Å². The first-order valence-corrected chi connectivity index (χ1v) is 14.7. The van der Waals surface area contributed by atoms with Crippen LogP contribution in [0.1, 0.15) is 44.9 Å². The zero-order valence-electron chi connectivity index (χ0n) is 20.7. The molecule has 1 aliphatic heterocycles. The molecular weight excluding hydrogens is 506 g/mol. The fourth-order valence-corrected chi connectivity index (χ4v) is 6.77. The summed E-state index contributed by atoms with van der Waals surface area (Å²) in [5.74, 6) is 0.855. The minimum absolute atomic E-state index is 0.216. The number of nitrogens with one attached hydrogen (secondary N) is 3. The Bertz CT molecular complexity index is 1380.